The molecule has 0 aromatic rings. The van der Waals surface area contributed by atoms with Crippen molar-refractivity contribution in [2.24, 2.45) is 0 Å². The van der Waals surface area contributed by atoms with Gasteiger partial charge in [0.25, 0.3) is 0 Å². The minimum absolute atomic E-state index is 0.133. The van der Waals surface area contributed by atoms with Gasteiger partial charge in [0.05, 0.1) is 40.3 Å². The Morgan fingerprint density at radius 1 is 0.286 bits per heavy atom. The molecule has 0 amide bonds. The zero-order valence-electron chi connectivity index (χ0n) is 67.2. The first kappa shape index (κ1) is 98.4. The molecule has 0 heterocycles. The first-order chi connectivity index (χ1) is 51.6. The molecule has 0 aliphatic carbocycles. The Hall–Kier alpha value is -6.65. The second kappa shape index (κ2) is 83.0. The molecule has 2 atom stereocenters. The van der Waals surface area contributed by atoms with E-state index in [-0.39, 0.29) is 38.6 Å². The third kappa shape index (κ3) is 84.5. The smallest absolute Gasteiger partial charge is 0.306 e. The van der Waals surface area contributed by atoms with Crippen LogP contribution >= 0.6 is 0 Å². The number of allylic oxidation sites excluding steroid dienone is 38. The molecule has 0 aliphatic heterocycles. The van der Waals surface area contributed by atoms with Crippen molar-refractivity contribution >= 4 is 17.9 Å². The fraction of sp³-hybridized carbons (Fsp3) is 0.573. The van der Waals surface area contributed by atoms with Crippen molar-refractivity contribution in [3.63, 3.8) is 0 Å². The number of rotatable bonds is 74. The SMILES string of the molecule is CC/C=C\C/C=C\C/C=C\C/C=C\C/C=C\C/C=C\C/C=C\C/C=C\C/C=C\C/C=C\C/C=C\CCCCCCCC(=O)OC(COC(=O)CCCCCCCCCCCCCCCCCC/C=C\C/C=C\C/C=C\C/C=C\C/C=C\C/C=C\C/C=C\C/C=C\CC)COC(OCC[N+](C)(C)C)C(=O)[O-]. The Balaban J connectivity index is 4.14. The highest BCUT2D eigenvalue weighted by Crippen LogP contribution is 2.17. The standard InChI is InChI=1S/C96H151NO8/c1-6-8-10-12-14-16-18-20-22-24-26-28-30-32-34-36-38-40-42-44-46-47-49-50-52-54-56-58-60-62-64-66-68-70-72-74-76-78-80-82-84-86-93(98)103-90-92(91-104-96(95(100)101)102-89-88-97(3,4)5)105-94(99)87-85-83-81-79-77-75-73-71-69-67-65-63-61-59-57-55-53-51-48-45-43-41-39-37-35-33-31-29-27-25-23-21-19-17-15-13-11-9-7-2/h8-11,14-17,20-23,26-29,32-35,38-41,44-46,48-50,53,55,59,61,65,67,71,73,92,96H,6-7,12-13,18-19,24-25,30-31,36-37,42-43,47,51-52,54,56-58,60,62-64,66,68-70,72,74-91H2,1-5H3/b10-8-,11-9-,16-14-,17-15-,22-20-,23-21-,28-26-,29-27-,34-32-,35-33-,40-38-,41-39-,46-44-,48-45-,50-49-,55-53-,61-59-,67-65-,73-71-. The molecule has 9 heteroatoms. The number of ether oxygens (including phenoxy) is 4. The molecule has 2 unspecified atom stereocenters. The number of nitrogens with zero attached hydrogens (tertiary/aromatic N) is 1. The number of carbonyl (C=O) groups is 3. The molecular formula is C96H151NO8. The molecular weight excluding hydrogens is 1300 g/mol. The van der Waals surface area contributed by atoms with Crippen molar-refractivity contribution in [1.29, 1.82) is 0 Å². The van der Waals surface area contributed by atoms with E-state index in [4.69, 9.17) is 18.9 Å². The number of likely N-dealkylation sites (N-methyl/N-ethyl adjacent to an activating group) is 1. The summed E-state index contributed by atoms with van der Waals surface area (Å²) in [5.74, 6) is -2.32. The van der Waals surface area contributed by atoms with Gasteiger partial charge >= 0.3 is 11.9 Å². The Bertz CT molecular complexity index is 2590. The molecule has 0 fully saturated rings. The van der Waals surface area contributed by atoms with Crippen molar-refractivity contribution in [3.8, 4) is 0 Å². The maximum Gasteiger partial charge on any atom is 0.306 e. The van der Waals surface area contributed by atoms with Gasteiger partial charge in [0.1, 0.15) is 13.2 Å². The Labute approximate surface area is 644 Å². The minimum Gasteiger partial charge on any atom is -0.545 e. The molecule has 0 rings (SSSR count). The van der Waals surface area contributed by atoms with E-state index in [1.807, 2.05) is 21.1 Å². The monoisotopic (exact) mass is 1450 g/mol. The van der Waals surface area contributed by atoms with E-state index in [1.165, 1.54) is 89.9 Å². The molecule has 0 N–H and O–H groups in total. The van der Waals surface area contributed by atoms with E-state index in [9.17, 15) is 19.5 Å². The van der Waals surface area contributed by atoms with Crippen molar-refractivity contribution in [3.05, 3.63) is 231 Å². The topological polar surface area (TPSA) is 111 Å². The maximum atomic E-state index is 13.0. The van der Waals surface area contributed by atoms with Crippen molar-refractivity contribution < 1.29 is 42.9 Å². The zero-order valence-corrected chi connectivity index (χ0v) is 67.2. The lowest BCUT2D eigenvalue weighted by Gasteiger charge is -2.26. The Kier molecular flexibility index (Phi) is 77.7. The van der Waals surface area contributed by atoms with Gasteiger partial charge in [-0.05, 0) is 161 Å². The summed E-state index contributed by atoms with van der Waals surface area (Å²) in [6, 6.07) is 0. The van der Waals surface area contributed by atoms with Crippen LogP contribution in [0.25, 0.3) is 0 Å². The summed E-state index contributed by atoms with van der Waals surface area (Å²) in [4.78, 5) is 37.6. The van der Waals surface area contributed by atoms with E-state index in [0.29, 0.717) is 17.4 Å². The number of carboxylic acids is 1. The molecule has 0 bridgehead atoms. The van der Waals surface area contributed by atoms with Crippen molar-refractivity contribution in [2.75, 3.05) is 47.5 Å². The number of hydrogen-bond donors (Lipinski definition) is 0. The van der Waals surface area contributed by atoms with Gasteiger partial charge in [0, 0.05) is 12.8 Å². The highest BCUT2D eigenvalue weighted by Gasteiger charge is 2.22. The fourth-order valence-corrected chi connectivity index (χ4v) is 10.7. The first-order valence-corrected chi connectivity index (χ1v) is 41.5. The van der Waals surface area contributed by atoms with E-state index in [1.54, 1.807) is 0 Å². The van der Waals surface area contributed by atoms with Gasteiger partial charge in [-0.2, -0.15) is 0 Å². The third-order valence-corrected chi connectivity index (χ3v) is 16.9. The van der Waals surface area contributed by atoms with Crippen LogP contribution in [-0.4, -0.2) is 82.3 Å². The quantitative estimate of drug-likeness (QED) is 0.0195. The Morgan fingerprint density at radius 2 is 0.514 bits per heavy atom. The van der Waals surface area contributed by atoms with Crippen LogP contribution in [0.1, 0.15) is 296 Å². The normalized spacial score (nSPS) is 13.9. The van der Waals surface area contributed by atoms with Gasteiger partial charge in [-0.25, -0.2) is 0 Å². The van der Waals surface area contributed by atoms with Crippen LogP contribution in [0.4, 0.5) is 0 Å². The van der Waals surface area contributed by atoms with Gasteiger partial charge in [0.15, 0.2) is 12.4 Å². The highest BCUT2D eigenvalue weighted by atomic mass is 16.7. The first-order valence-electron chi connectivity index (χ1n) is 41.5. The number of quaternary nitrogens is 1. The van der Waals surface area contributed by atoms with E-state index < -0.39 is 24.3 Å². The van der Waals surface area contributed by atoms with Gasteiger partial charge in [-0.15, -0.1) is 0 Å². The van der Waals surface area contributed by atoms with Gasteiger partial charge < -0.3 is 33.3 Å². The average molecular weight is 1450 g/mol. The van der Waals surface area contributed by atoms with Crippen LogP contribution in [0.5, 0.6) is 0 Å². The van der Waals surface area contributed by atoms with Crippen LogP contribution < -0.4 is 5.11 Å². The summed E-state index contributed by atoms with van der Waals surface area (Å²) in [6.07, 6.45) is 129. The lowest BCUT2D eigenvalue weighted by Crippen LogP contribution is -2.44. The summed E-state index contributed by atoms with van der Waals surface area (Å²) in [5, 5.41) is 11.9. The van der Waals surface area contributed by atoms with Crippen LogP contribution in [0.2, 0.25) is 0 Å². The third-order valence-electron chi connectivity index (χ3n) is 16.9. The number of hydrogen-bond acceptors (Lipinski definition) is 8. The molecule has 0 aliphatic rings. The zero-order chi connectivity index (χ0) is 76.0. The number of unbranched alkanes of at least 4 members (excludes halogenated alkanes) is 21. The van der Waals surface area contributed by atoms with Crippen LogP contribution in [-0.2, 0) is 33.3 Å². The van der Waals surface area contributed by atoms with Crippen molar-refractivity contribution in [1.82, 2.24) is 0 Å². The Morgan fingerprint density at radius 3 is 0.762 bits per heavy atom. The largest absolute Gasteiger partial charge is 0.545 e. The lowest BCUT2D eigenvalue weighted by atomic mass is 10.0. The van der Waals surface area contributed by atoms with E-state index >= 15 is 0 Å². The molecule has 0 aromatic carbocycles. The fourth-order valence-electron chi connectivity index (χ4n) is 10.7. The van der Waals surface area contributed by atoms with Gasteiger partial charge in [-0.1, -0.05) is 354 Å². The van der Waals surface area contributed by atoms with E-state index in [0.717, 1.165) is 173 Å². The number of carbonyl (C=O) groups excluding carboxylic acids is 3. The molecule has 0 spiro atoms. The summed E-state index contributed by atoms with van der Waals surface area (Å²) in [7, 11) is 5.92. The van der Waals surface area contributed by atoms with Crippen LogP contribution in [0.15, 0.2) is 231 Å². The second-order valence-corrected chi connectivity index (χ2v) is 27.9. The lowest BCUT2D eigenvalue weighted by molar-refractivity contribution is -0.870. The predicted molar refractivity (Wildman–Crippen MR) is 453 cm³/mol. The maximum absolute atomic E-state index is 13.0. The molecule has 0 aromatic heterocycles. The summed E-state index contributed by atoms with van der Waals surface area (Å²) >= 11 is 0. The molecule has 0 saturated carbocycles. The number of esters is 2. The van der Waals surface area contributed by atoms with Gasteiger partial charge in [-0.3, -0.25) is 9.59 Å². The molecule has 105 heavy (non-hydrogen) atoms. The van der Waals surface area contributed by atoms with Crippen LogP contribution in [0.3, 0.4) is 0 Å². The molecule has 0 radical (unpaired) electrons. The molecule has 0 saturated heterocycles. The van der Waals surface area contributed by atoms with Gasteiger partial charge in [0.2, 0.25) is 0 Å². The average Bonchev–Trinajstić information content (AvgIpc) is 1.97. The summed E-state index contributed by atoms with van der Waals surface area (Å²) < 4.78 is 22.8. The van der Waals surface area contributed by atoms with E-state index in [2.05, 4.69) is 245 Å². The molecule has 588 valence electrons. The molecule has 9 nitrogen and oxygen atoms in total. The number of carboxylic acid groups (broad SMARTS) is 1. The highest BCUT2D eigenvalue weighted by molar-refractivity contribution is 5.70. The van der Waals surface area contributed by atoms with Crippen LogP contribution in [0, 0.1) is 0 Å². The second-order valence-electron chi connectivity index (χ2n) is 27.9. The van der Waals surface area contributed by atoms with Crippen molar-refractivity contribution in [2.45, 2.75) is 309 Å². The predicted octanol–water partition coefficient (Wildman–Crippen LogP) is 26.0. The minimum atomic E-state index is -1.64. The number of aliphatic carboxylic acids is 1. The summed E-state index contributed by atoms with van der Waals surface area (Å²) in [6.45, 7) is 4.48. The summed E-state index contributed by atoms with van der Waals surface area (Å²) in [5.41, 5.74) is 0.